The molecule has 118 valence electrons. The van der Waals surface area contributed by atoms with Gasteiger partial charge in [-0.05, 0) is 57.9 Å². The van der Waals surface area contributed by atoms with Crippen molar-refractivity contribution in [2.45, 2.75) is 0 Å². The summed E-state index contributed by atoms with van der Waals surface area (Å²) < 4.78 is 12.1. The topological polar surface area (TPSA) is 55.8 Å². The summed E-state index contributed by atoms with van der Waals surface area (Å²) in [6, 6.07) is 8.74. The molecule has 4 nitrogen and oxygen atoms in total. The molecule has 1 aliphatic rings. The Labute approximate surface area is 150 Å². The molecule has 0 aliphatic carbocycles. The van der Waals surface area contributed by atoms with Crippen molar-refractivity contribution >= 4 is 43.7 Å². The molecule has 0 radical (unpaired) electrons. The molecular weight excluding hydrogens is 428 g/mol. The Morgan fingerprint density at radius 3 is 2.78 bits per heavy atom. The first-order valence-corrected chi connectivity index (χ1v) is 8.32. The molecule has 1 heterocycles. The van der Waals surface area contributed by atoms with Crippen molar-refractivity contribution in [2.24, 2.45) is 0 Å². The largest absolute Gasteiger partial charge is 0.503 e. The highest BCUT2D eigenvalue weighted by Gasteiger charge is 2.23. The van der Waals surface area contributed by atoms with E-state index in [-0.39, 0.29) is 18.1 Å². The summed E-state index contributed by atoms with van der Waals surface area (Å²) in [6.07, 6.45) is 1.74. The van der Waals surface area contributed by atoms with Crippen LogP contribution in [0.3, 0.4) is 0 Å². The number of phenolic OH excluding ortho intramolecular Hbond substituents is 1. The van der Waals surface area contributed by atoms with Crippen LogP contribution < -0.4 is 9.47 Å². The maximum atomic E-state index is 12.6. The van der Waals surface area contributed by atoms with E-state index in [1.54, 1.807) is 30.3 Å². The second-order valence-corrected chi connectivity index (χ2v) is 6.75. The molecule has 0 bridgehead atoms. The van der Waals surface area contributed by atoms with Gasteiger partial charge in [-0.3, -0.25) is 4.79 Å². The van der Waals surface area contributed by atoms with Crippen molar-refractivity contribution in [1.29, 1.82) is 0 Å². The molecule has 0 spiro atoms. The molecule has 0 saturated heterocycles. The van der Waals surface area contributed by atoms with E-state index in [1.165, 1.54) is 7.11 Å². The molecule has 0 fully saturated rings. The summed E-state index contributed by atoms with van der Waals surface area (Å²) >= 11 is 6.63. The molecule has 3 rings (SSSR count). The molecule has 1 N–H and O–H groups in total. The first-order chi connectivity index (χ1) is 11.0. The standard InChI is InChI=1S/C17H12Br2O4/c1-22-15-6-9(5-13(19)17(15)21)4-10-8-23-14-3-2-11(18)7-12(14)16(10)20/h2-7,21H,8H2,1H3/b10-4-. The van der Waals surface area contributed by atoms with Crippen LogP contribution in [0.25, 0.3) is 6.08 Å². The molecule has 2 aromatic rings. The summed E-state index contributed by atoms with van der Waals surface area (Å²) in [5.41, 5.74) is 1.80. The van der Waals surface area contributed by atoms with E-state index in [1.807, 2.05) is 6.07 Å². The fourth-order valence-corrected chi connectivity index (χ4v) is 3.16. The van der Waals surface area contributed by atoms with Crippen molar-refractivity contribution in [3.8, 4) is 17.2 Å². The second kappa shape index (κ2) is 6.37. The zero-order valence-corrected chi connectivity index (χ0v) is 15.3. The number of ether oxygens (including phenoxy) is 2. The van der Waals surface area contributed by atoms with Crippen molar-refractivity contribution in [3.05, 3.63) is 56.0 Å². The van der Waals surface area contributed by atoms with E-state index in [0.717, 1.165) is 10.0 Å². The van der Waals surface area contributed by atoms with Crippen molar-refractivity contribution < 1.29 is 19.4 Å². The third kappa shape index (κ3) is 3.14. The van der Waals surface area contributed by atoms with Gasteiger partial charge in [-0.25, -0.2) is 0 Å². The van der Waals surface area contributed by atoms with Crippen LogP contribution in [0.1, 0.15) is 15.9 Å². The van der Waals surface area contributed by atoms with Crippen LogP contribution in [0.2, 0.25) is 0 Å². The Bertz CT molecular complexity index is 828. The van der Waals surface area contributed by atoms with Gasteiger partial charge in [0.15, 0.2) is 17.3 Å². The number of phenols is 1. The van der Waals surface area contributed by atoms with Gasteiger partial charge in [0.05, 0.1) is 17.1 Å². The van der Waals surface area contributed by atoms with Gasteiger partial charge in [0.1, 0.15) is 12.4 Å². The van der Waals surface area contributed by atoms with Gasteiger partial charge in [0.25, 0.3) is 0 Å². The number of halogens is 2. The molecule has 0 unspecified atom stereocenters. The Morgan fingerprint density at radius 1 is 1.26 bits per heavy atom. The zero-order chi connectivity index (χ0) is 16.6. The SMILES string of the molecule is COc1cc(/C=C2/COc3ccc(Br)cc3C2=O)cc(Br)c1O. The number of carbonyl (C=O) groups is 1. The fraction of sp³-hybridized carbons (Fsp3) is 0.118. The highest BCUT2D eigenvalue weighted by molar-refractivity contribution is 9.10. The van der Waals surface area contributed by atoms with Gasteiger partial charge in [-0.1, -0.05) is 15.9 Å². The first-order valence-electron chi connectivity index (χ1n) is 6.73. The summed E-state index contributed by atoms with van der Waals surface area (Å²) in [7, 11) is 1.47. The van der Waals surface area contributed by atoms with Crippen LogP contribution in [0, 0.1) is 0 Å². The molecule has 0 aromatic heterocycles. The van der Waals surface area contributed by atoms with Gasteiger partial charge >= 0.3 is 0 Å². The second-order valence-electron chi connectivity index (χ2n) is 4.98. The molecular formula is C17H12Br2O4. The van der Waals surface area contributed by atoms with E-state index >= 15 is 0 Å². The summed E-state index contributed by atoms with van der Waals surface area (Å²) in [5.74, 6) is 0.865. The maximum Gasteiger partial charge on any atom is 0.196 e. The third-order valence-electron chi connectivity index (χ3n) is 3.47. The number of rotatable bonds is 2. The van der Waals surface area contributed by atoms with Crippen molar-refractivity contribution in [2.75, 3.05) is 13.7 Å². The minimum Gasteiger partial charge on any atom is -0.503 e. The third-order valence-corrected chi connectivity index (χ3v) is 4.57. The van der Waals surface area contributed by atoms with E-state index in [4.69, 9.17) is 9.47 Å². The lowest BCUT2D eigenvalue weighted by Crippen LogP contribution is -2.19. The van der Waals surface area contributed by atoms with E-state index in [0.29, 0.717) is 27.1 Å². The zero-order valence-electron chi connectivity index (χ0n) is 12.1. The summed E-state index contributed by atoms with van der Waals surface area (Å²) in [4.78, 5) is 12.6. The van der Waals surface area contributed by atoms with E-state index < -0.39 is 0 Å². The average Bonchev–Trinajstić information content (AvgIpc) is 2.54. The molecule has 1 aliphatic heterocycles. The number of ketones is 1. The smallest absolute Gasteiger partial charge is 0.196 e. The number of hydrogen-bond acceptors (Lipinski definition) is 4. The van der Waals surface area contributed by atoms with Crippen LogP contribution in [-0.4, -0.2) is 24.6 Å². The molecule has 6 heteroatoms. The number of hydrogen-bond donors (Lipinski definition) is 1. The van der Waals surface area contributed by atoms with Gasteiger partial charge in [-0.2, -0.15) is 0 Å². The summed E-state index contributed by atoms with van der Waals surface area (Å²) in [6.45, 7) is 0.203. The quantitative estimate of drug-likeness (QED) is 0.695. The van der Waals surface area contributed by atoms with Crippen molar-refractivity contribution in [3.63, 3.8) is 0 Å². The van der Waals surface area contributed by atoms with Crippen LogP contribution in [0.5, 0.6) is 17.2 Å². The molecule has 0 saturated carbocycles. The monoisotopic (exact) mass is 438 g/mol. The lowest BCUT2D eigenvalue weighted by atomic mass is 9.98. The van der Waals surface area contributed by atoms with Crippen LogP contribution in [0.15, 0.2) is 44.9 Å². The first kappa shape index (κ1) is 16.1. The van der Waals surface area contributed by atoms with Crippen LogP contribution in [0.4, 0.5) is 0 Å². The Hall–Kier alpha value is -1.79. The molecule has 23 heavy (non-hydrogen) atoms. The number of fused-ring (bicyclic) bond motifs is 1. The molecule has 0 amide bonds. The highest BCUT2D eigenvalue weighted by Crippen LogP contribution is 2.36. The predicted octanol–water partition coefficient (Wildman–Crippen LogP) is 4.58. The van der Waals surface area contributed by atoms with Gasteiger partial charge in [-0.15, -0.1) is 0 Å². The summed E-state index contributed by atoms with van der Waals surface area (Å²) in [5, 5.41) is 9.85. The fourth-order valence-electron chi connectivity index (χ4n) is 2.34. The number of methoxy groups -OCH3 is 1. The predicted molar refractivity (Wildman–Crippen MR) is 94.3 cm³/mol. The Kier molecular flexibility index (Phi) is 4.46. The Morgan fingerprint density at radius 2 is 2.04 bits per heavy atom. The lowest BCUT2D eigenvalue weighted by molar-refractivity contribution is 0.100. The number of benzene rings is 2. The van der Waals surface area contributed by atoms with Gasteiger partial charge in [0, 0.05) is 10.0 Å². The van der Waals surface area contributed by atoms with Crippen molar-refractivity contribution in [1.82, 2.24) is 0 Å². The maximum absolute atomic E-state index is 12.6. The van der Waals surface area contributed by atoms with E-state index in [2.05, 4.69) is 31.9 Å². The van der Waals surface area contributed by atoms with Gasteiger partial charge < -0.3 is 14.6 Å². The number of Topliss-reactive ketones (excluding diaryl/α,β-unsaturated/α-hetero) is 1. The minimum absolute atomic E-state index is 0.0233. The average molecular weight is 440 g/mol. The number of aromatic hydroxyl groups is 1. The van der Waals surface area contributed by atoms with Gasteiger partial charge in [0.2, 0.25) is 0 Å². The lowest BCUT2D eigenvalue weighted by Gasteiger charge is -2.19. The molecule has 2 aromatic carbocycles. The Balaban J connectivity index is 2.01. The highest BCUT2D eigenvalue weighted by atomic mass is 79.9. The molecule has 0 atom stereocenters. The van der Waals surface area contributed by atoms with Crippen LogP contribution >= 0.6 is 31.9 Å². The minimum atomic E-state index is -0.0734. The number of carbonyl (C=O) groups excluding carboxylic acids is 1. The van der Waals surface area contributed by atoms with Crippen LogP contribution in [-0.2, 0) is 0 Å². The van der Waals surface area contributed by atoms with E-state index in [9.17, 15) is 9.90 Å². The normalized spacial score (nSPS) is 15.3.